The molecule has 0 atom stereocenters. The van der Waals surface area contributed by atoms with Crippen molar-refractivity contribution in [3.63, 3.8) is 0 Å². The summed E-state index contributed by atoms with van der Waals surface area (Å²) in [5.41, 5.74) is 10.0. The lowest BCUT2D eigenvalue weighted by atomic mass is 10.1. The van der Waals surface area contributed by atoms with Gasteiger partial charge in [0.05, 0.1) is 17.1 Å². The van der Waals surface area contributed by atoms with Gasteiger partial charge in [0.1, 0.15) is 0 Å². The average molecular weight is 244 g/mol. The number of hydrogen-bond donors (Lipinski definition) is 2. The van der Waals surface area contributed by atoms with E-state index >= 15 is 0 Å². The standard InChI is InChI=1S/C14H16N2S/c1-10-6-5-7-11(15)14(10)16-12-8-3-4-9-13(12)17-2/h3-9,16H,15H2,1-2H3. The summed E-state index contributed by atoms with van der Waals surface area (Å²) in [7, 11) is 0. The number of thioether (sulfide) groups is 1. The molecule has 88 valence electrons. The SMILES string of the molecule is CSc1ccccc1Nc1c(C)cccc1N. The van der Waals surface area contributed by atoms with Gasteiger partial charge in [0.15, 0.2) is 0 Å². The highest BCUT2D eigenvalue weighted by Gasteiger charge is 2.05. The molecular weight excluding hydrogens is 228 g/mol. The number of benzene rings is 2. The first-order valence-corrected chi connectivity index (χ1v) is 6.70. The topological polar surface area (TPSA) is 38.0 Å². The summed E-state index contributed by atoms with van der Waals surface area (Å²) in [6.45, 7) is 2.06. The number of anilines is 3. The van der Waals surface area contributed by atoms with E-state index in [2.05, 4.69) is 36.7 Å². The smallest absolute Gasteiger partial charge is 0.0647 e. The normalized spacial score (nSPS) is 10.2. The maximum Gasteiger partial charge on any atom is 0.0647 e. The van der Waals surface area contributed by atoms with Crippen LogP contribution in [0.5, 0.6) is 0 Å². The Balaban J connectivity index is 2.38. The van der Waals surface area contributed by atoms with Gasteiger partial charge in [0.25, 0.3) is 0 Å². The Hall–Kier alpha value is -1.61. The van der Waals surface area contributed by atoms with E-state index in [0.717, 1.165) is 22.6 Å². The van der Waals surface area contributed by atoms with E-state index in [4.69, 9.17) is 5.73 Å². The molecule has 3 heteroatoms. The average Bonchev–Trinajstić information content (AvgIpc) is 2.34. The number of nitrogens with two attached hydrogens (primary N) is 1. The van der Waals surface area contributed by atoms with Gasteiger partial charge in [-0.1, -0.05) is 24.3 Å². The van der Waals surface area contributed by atoms with Crippen molar-refractivity contribution in [3.8, 4) is 0 Å². The Labute approximate surface area is 106 Å². The molecule has 2 nitrogen and oxygen atoms in total. The third-order valence-corrected chi connectivity index (χ3v) is 3.47. The van der Waals surface area contributed by atoms with Crippen LogP contribution in [0.4, 0.5) is 17.1 Å². The van der Waals surface area contributed by atoms with Gasteiger partial charge in [0, 0.05) is 4.90 Å². The fourth-order valence-corrected chi connectivity index (χ4v) is 2.30. The van der Waals surface area contributed by atoms with E-state index in [1.165, 1.54) is 4.90 Å². The molecule has 0 bridgehead atoms. The van der Waals surface area contributed by atoms with Gasteiger partial charge in [-0.15, -0.1) is 11.8 Å². The lowest BCUT2D eigenvalue weighted by Crippen LogP contribution is -1.99. The van der Waals surface area contributed by atoms with Gasteiger partial charge in [0.2, 0.25) is 0 Å². The van der Waals surface area contributed by atoms with Gasteiger partial charge in [-0.2, -0.15) is 0 Å². The molecule has 0 saturated carbocycles. The van der Waals surface area contributed by atoms with Crippen molar-refractivity contribution in [2.24, 2.45) is 0 Å². The minimum absolute atomic E-state index is 0.779. The maximum atomic E-state index is 5.99. The summed E-state index contributed by atoms with van der Waals surface area (Å²) in [4.78, 5) is 1.22. The van der Waals surface area contributed by atoms with Crippen LogP contribution in [0, 0.1) is 6.92 Å². The summed E-state index contributed by atoms with van der Waals surface area (Å²) in [6, 6.07) is 14.2. The molecule has 0 heterocycles. The minimum atomic E-state index is 0.779. The van der Waals surface area contributed by atoms with Crippen molar-refractivity contribution in [2.75, 3.05) is 17.3 Å². The van der Waals surface area contributed by atoms with Crippen LogP contribution in [0.25, 0.3) is 0 Å². The predicted molar refractivity (Wildman–Crippen MR) is 77.1 cm³/mol. The number of nitrogen functional groups attached to an aromatic ring is 1. The number of hydrogen-bond acceptors (Lipinski definition) is 3. The number of rotatable bonds is 3. The first kappa shape index (κ1) is 11.9. The van der Waals surface area contributed by atoms with Gasteiger partial charge in [-0.25, -0.2) is 0 Å². The summed E-state index contributed by atoms with van der Waals surface area (Å²) in [6.07, 6.45) is 2.07. The molecule has 0 spiro atoms. The minimum Gasteiger partial charge on any atom is -0.397 e. The highest BCUT2D eigenvalue weighted by atomic mass is 32.2. The first-order valence-electron chi connectivity index (χ1n) is 5.47. The molecule has 0 aliphatic heterocycles. The monoisotopic (exact) mass is 244 g/mol. The van der Waals surface area contributed by atoms with Crippen LogP contribution < -0.4 is 11.1 Å². The van der Waals surface area contributed by atoms with E-state index in [9.17, 15) is 0 Å². The van der Waals surface area contributed by atoms with Gasteiger partial charge in [-0.3, -0.25) is 0 Å². The Morgan fingerprint density at radius 1 is 1.06 bits per heavy atom. The molecule has 2 rings (SSSR count). The van der Waals surface area contributed by atoms with E-state index in [1.807, 2.05) is 24.3 Å². The van der Waals surface area contributed by atoms with Crippen LogP contribution in [0.1, 0.15) is 5.56 Å². The molecule has 0 aliphatic rings. The molecule has 0 aliphatic carbocycles. The number of nitrogens with one attached hydrogen (secondary N) is 1. The third-order valence-electron chi connectivity index (χ3n) is 2.67. The summed E-state index contributed by atoms with van der Waals surface area (Å²) in [5, 5.41) is 3.41. The largest absolute Gasteiger partial charge is 0.397 e. The second-order valence-electron chi connectivity index (χ2n) is 3.86. The molecule has 0 amide bonds. The van der Waals surface area contributed by atoms with Gasteiger partial charge >= 0.3 is 0 Å². The Morgan fingerprint density at radius 3 is 2.53 bits per heavy atom. The van der Waals surface area contributed by atoms with Crippen molar-refractivity contribution in [3.05, 3.63) is 48.0 Å². The molecule has 0 fully saturated rings. The highest BCUT2D eigenvalue weighted by Crippen LogP contribution is 2.31. The van der Waals surface area contributed by atoms with Crippen LogP contribution in [0.15, 0.2) is 47.4 Å². The third kappa shape index (κ3) is 2.56. The van der Waals surface area contributed by atoms with Crippen LogP contribution in [0.2, 0.25) is 0 Å². The van der Waals surface area contributed by atoms with E-state index in [-0.39, 0.29) is 0 Å². The quantitative estimate of drug-likeness (QED) is 0.632. The molecule has 17 heavy (non-hydrogen) atoms. The fourth-order valence-electron chi connectivity index (χ4n) is 1.74. The van der Waals surface area contributed by atoms with Crippen molar-refractivity contribution in [1.29, 1.82) is 0 Å². The molecule has 2 aromatic carbocycles. The van der Waals surface area contributed by atoms with Gasteiger partial charge in [-0.05, 0) is 36.9 Å². The molecule has 0 aromatic heterocycles. The first-order chi connectivity index (χ1) is 8.22. The second-order valence-corrected chi connectivity index (χ2v) is 4.71. The molecule has 0 saturated heterocycles. The molecule has 3 N–H and O–H groups in total. The Kier molecular flexibility index (Phi) is 3.59. The predicted octanol–water partition coefficient (Wildman–Crippen LogP) is 4.04. The lowest BCUT2D eigenvalue weighted by Gasteiger charge is -2.14. The zero-order chi connectivity index (χ0) is 12.3. The lowest BCUT2D eigenvalue weighted by molar-refractivity contribution is 1.38. The highest BCUT2D eigenvalue weighted by molar-refractivity contribution is 7.98. The van der Waals surface area contributed by atoms with Crippen LogP contribution >= 0.6 is 11.8 Å². The molecular formula is C14H16N2S. The zero-order valence-corrected chi connectivity index (χ0v) is 10.8. The summed E-state index contributed by atoms with van der Waals surface area (Å²) < 4.78 is 0. The molecule has 2 aromatic rings. The van der Waals surface area contributed by atoms with E-state index in [0.29, 0.717) is 0 Å². The van der Waals surface area contributed by atoms with Crippen molar-refractivity contribution in [1.82, 2.24) is 0 Å². The van der Waals surface area contributed by atoms with E-state index in [1.54, 1.807) is 11.8 Å². The Morgan fingerprint density at radius 2 is 1.82 bits per heavy atom. The summed E-state index contributed by atoms with van der Waals surface area (Å²) in [5.74, 6) is 0. The van der Waals surface area contributed by atoms with Gasteiger partial charge < -0.3 is 11.1 Å². The fraction of sp³-hybridized carbons (Fsp3) is 0.143. The maximum absolute atomic E-state index is 5.99. The number of para-hydroxylation sites is 2. The van der Waals surface area contributed by atoms with Crippen molar-refractivity contribution in [2.45, 2.75) is 11.8 Å². The second kappa shape index (κ2) is 5.15. The molecule has 0 radical (unpaired) electrons. The molecule has 0 unspecified atom stereocenters. The van der Waals surface area contributed by atoms with E-state index < -0.39 is 0 Å². The Bertz CT molecular complexity index is 503. The van der Waals surface area contributed by atoms with Crippen molar-refractivity contribution < 1.29 is 0 Å². The number of aryl methyl sites for hydroxylation is 1. The summed E-state index contributed by atoms with van der Waals surface area (Å²) >= 11 is 1.72. The van der Waals surface area contributed by atoms with Crippen LogP contribution in [-0.4, -0.2) is 6.26 Å². The zero-order valence-electron chi connectivity index (χ0n) is 10.0. The van der Waals surface area contributed by atoms with Crippen molar-refractivity contribution >= 4 is 28.8 Å². The van der Waals surface area contributed by atoms with Crippen LogP contribution in [-0.2, 0) is 0 Å². The van der Waals surface area contributed by atoms with Crippen LogP contribution in [0.3, 0.4) is 0 Å².